The number of carboxylic acids is 1. The molecule has 0 aliphatic carbocycles. The van der Waals surface area contributed by atoms with Crippen molar-refractivity contribution < 1.29 is 14.3 Å². The van der Waals surface area contributed by atoms with E-state index in [9.17, 15) is 14.3 Å². The second-order valence-electron chi connectivity index (χ2n) is 6.77. The van der Waals surface area contributed by atoms with Crippen molar-refractivity contribution in [1.29, 1.82) is 0 Å². The van der Waals surface area contributed by atoms with E-state index in [4.69, 9.17) is 4.98 Å². The molecule has 4 rings (SSSR count). The number of fused-ring (bicyclic) bond motifs is 2. The maximum Gasteiger partial charge on any atom is 0.336 e. The molecule has 28 heavy (non-hydrogen) atoms. The lowest BCUT2D eigenvalue weighted by atomic mass is 9.92. The number of hydrogen-bond donors (Lipinski definition) is 1. The molecule has 0 unspecified atom stereocenters. The number of para-hydroxylation sites is 1. The van der Waals surface area contributed by atoms with Gasteiger partial charge in [-0.3, -0.25) is 4.90 Å². The lowest BCUT2D eigenvalue weighted by molar-refractivity contribution is 0.0696. The van der Waals surface area contributed by atoms with Crippen LogP contribution in [-0.4, -0.2) is 34.0 Å². The molecule has 2 aromatic carbocycles. The number of rotatable bonds is 3. The summed E-state index contributed by atoms with van der Waals surface area (Å²) in [5.41, 5.74) is 3.48. The maximum atomic E-state index is 14.3. The van der Waals surface area contributed by atoms with Crippen molar-refractivity contribution >= 4 is 44.5 Å². The molecular formula is C22H18BrFN2O2. The number of benzene rings is 2. The molecule has 0 bridgehead atoms. The van der Waals surface area contributed by atoms with Gasteiger partial charge in [0.2, 0.25) is 0 Å². The molecular weight excluding hydrogens is 423 g/mol. The topological polar surface area (TPSA) is 53.4 Å². The van der Waals surface area contributed by atoms with Gasteiger partial charge in [-0.05, 0) is 42.5 Å². The van der Waals surface area contributed by atoms with E-state index < -0.39 is 5.97 Å². The van der Waals surface area contributed by atoms with Crippen molar-refractivity contribution in [2.24, 2.45) is 0 Å². The van der Waals surface area contributed by atoms with E-state index in [1.807, 2.05) is 25.1 Å². The molecule has 0 spiro atoms. The first kappa shape index (κ1) is 18.8. The molecule has 0 saturated heterocycles. The van der Waals surface area contributed by atoms with Crippen LogP contribution in [0.3, 0.4) is 0 Å². The summed E-state index contributed by atoms with van der Waals surface area (Å²) >= 11 is 3.38. The lowest BCUT2D eigenvalue weighted by Crippen LogP contribution is -2.31. The van der Waals surface area contributed by atoms with E-state index in [1.54, 1.807) is 24.3 Å². The van der Waals surface area contributed by atoms with Crippen molar-refractivity contribution in [1.82, 2.24) is 9.88 Å². The Labute approximate surface area is 170 Å². The highest BCUT2D eigenvalue weighted by Crippen LogP contribution is 2.34. The van der Waals surface area contributed by atoms with Crippen molar-refractivity contribution in [3.05, 3.63) is 75.1 Å². The number of nitrogens with zero attached hydrogens (tertiary/aromatic N) is 2. The van der Waals surface area contributed by atoms with Gasteiger partial charge in [0.05, 0.1) is 16.8 Å². The minimum atomic E-state index is -0.971. The zero-order valence-corrected chi connectivity index (χ0v) is 16.8. The van der Waals surface area contributed by atoms with Gasteiger partial charge in [0, 0.05) is 34.1 Å². The van der Waals surface area contributed by atoms with E-state index in [1.165, 1.54) is 6.07 Å². The van der Waals surface area contributed by atoms with Crippen LogP contribution < -0.4 is 0 Å². The third-order valence-electron chi connectivity index (χ3n) is 5.02. The minimum Gasteiger partial charge on any atom is -0.478 e. The van der Waals surface area contributed by atoms with Gasteiger partial charge >= 0.3 is 5.97 Å². The van der Waals surface area contributed by atoms with E-state index in [2.05, 4.69) is 20.8 Å². The number of aromatic nitrogens is 1. The molecule has 1 aromatic heterocycles. The van der Waals surface area contributed by atoms with E-state index in [-0.39, 0.29) is 11.4 Å². The first-order valence-electron chi connectivity index (χ1n) is 9.01. The van der Waals surface area contributed by atoms with Crippen LogP contribution in [0.25, 0.3) is 22.6 Å². The predicted molar refractivity (Wildman–Crippen MR) is 112 cm³/mol. The second kappa shape index (κ2) is 7.45. The number of likely N-dealkylation sites (N-methyl/N-ethyl adjacent to an activating group) is 1. The summed E-state index contributed by atoms with van der Waals surface area (Å²) in [4.78, 5) is 19.0. The summed E-state index contributed by atoms with van der Waals surface area (Å²) in [6.45, 7) is 3.87. The van der Waals surface area contributed by atoms with Crippen molar-refractivity contribution in [3.8, 4) is 0 Å². The highest BCUT2D eigenvalue weighted by molar-refractivity contribution is 9.10. The fraction of sp³-hybridized carbons (Fsp3) is 0.182. The molecule has 0 atom stereocenters. The summed E-state index contributed by atoms with van der Waals surface area (Å²) in [6.07, 6.45) is 1.77. The molecule has 0 saturated carbocycles. The summed E-state index contributed by atoms with van der Waals surface area (Å²) in [5.74, 6) is -1.30. The van der Waals surface area contributed by atoms with E-state index >= 15 is 0 Å². The highest BCUT2D eigenvalue weighted by atomic mass is 79.9. The van der Waals surface area contributed by atoms with E-state index in [0.29, 0.717) is 40.8 Å². The minimum absolute atomic E-state index is 0.277. The fourth-order valence-electron chi connectivity index (χ4n) is 3.66. The molecule has 2 heterocycles. The Morgan fingerprint density at radius 3 is 2.82 bits per heavy atom. The predicted octanol–water partition coefficient (Wildman–Crippen LogP) is 5.21. The Hall–Kier alpha value is -2.57. The van der Waals surface area contributed by atoms with Crippen LogP contribution >= 0.6 is 15.9 Å². The van der Waals surface area contributed by atoms with Crippen LogP contribution in [0.15, 0.2) is 46.9 Å². The largest absolute Gasteiger partial charge is 0.478 e. The Bertz CT molecular complexity index is 1130. The smallest absolute Gasteiger partial charge is 0.336 e. The lowest BCUT2D eigenvalue weighted by Gasteiger charge is -2.30. The third kappa shape index (κ3) is 3.34. The van der Waals surface area contributed by atoms with Crippen LogP contribution in [0.1, 0.15) is 34.1 Å². The fourth-order valence-corrected chi connectivity index (χ4v) is 4.04. The molecule has 142 valence electrons. The number of halogens is 2. The first-order chi connectivity index (χ1) is 13.5. The van der Waals surface area contributed by atoms with Gasteiger partial charge in [0.25, 0.3) is 0 Å². The Morgan fingerprint density at radius 2 is 2.07 bits per heavy atom. The van der Waals surface area contributed by atoms with Crippen molar-refractivity contribution in [2.75, 3.05) is 13.1 Å². The normalized spacial score (nSPS) is 15.8. The summed E-state index contributed by atoms with van der Waals surface area (Å²) < 4.78 is 15.1. The second-order valence-corrected chi connectivity index (χ2v) is 7.69. The summed E-state index contributed by atoms with van der Waals surface area (Å²) in [5, 5.41) is 10.5. The van der Waals surface area contributed by atoms with Crippen LogP contribution in [0.5, 0.6) is 0 Å². The molecule has 0 amide bonds. The van der Waals surface area contributed by atoms with Gasteiger partial charge in [-0.1, -0.05) is 41.1 Å². The quantitative estimate of drug-likeness (QED) is 0.607. The Morgan fingerprint density at radius 1 is 1.29 bits per heavy atom. The van der Waals surface area contributed by atoms with Gasteiger partial charge in [0.1, 0.15) is 5.82 Å². The summed E-state index contributed by atoms with van der Waals surface area (Å²) in [7, 11) is 0. The van der Waals surface area contributed by atoms with Crippen LogP contribution in [0.2, 0.25) is 0 Å². The third-order valence-corrected chi connectivity index (χ3v) is 5.52. The van der Waals surface area contributed by atoms with E-state index in [0.717, 1.165) is 16.6 Å². The highest BCUT2D eigenvalue weighted by Gasteiger charge is 2.28. The number of hydrogen-bond acceptors (Lipinski definition) is 3. The number of carbonyl (C=O) groups is 1. The van der Waals surface area contributed by atoms with Gasteiger partial charge < -0.3 is 5.11 Å². The zero-order valence-electron chi connectivity index (χ0n) is 15.2. The van der Waals surface area contributed by atoms with Gasteiger partial charge in [-0.25, -0.2) is 14.2 Å². The van der Waals surface area contributed by atoms with Crippen LogP contribution in [0.4, 0.5) is 4.39 Å². The summed E-state index contributed by atoms with van der Waals surface area (Å²) in [6, 6.07) is 12.0. The zero-order chi connectivity index (χ0) is 19.8. The number of aromatic carboxylic acids is 1. The molecule has 0 radical (unpaired) electrons. The molecule has 3 aromatic rings. The molecule has 4 nitrogen and oxygen atoms in total. The average Bonchev–Trinajstić information content (AvgIpc) is 2.68. The standard InChI is InChI=1S/C22H18BrFN2O2/c1-2-26-11-14(9-13-10-15(23)7-8-18(13)24)21-17(12-26)20(22(27)28)16-5-3-4-6-19(16)25-21/h3-10H,2,11-12H2,1H3,(H,27,28)/b14-9+. The van der Waals surface area contributed by atoms with Crippen molar-refractivity contribution in [3.63, 3.8) is 0 Å². The van der Waals surface area contributed by atoms with Gasteiger partial charge in [-0.15, -0.1) is 0 Å². The molecule has 1 aliphatic heterocycles. The van der Waals surface area contributed by atoms with Crippen LogP contribution in [-0.2, 0) is 6.54 Å². The molecule has 0 fully saturated rings. The molecule has 1 N–H and O–H groups in total. The Kier molecular flexibility index (Phi) is 5.00. The molecule has 6 heteroatoms. The SMILES string of the molecule is CCN1C/C(=C\c2cc(Br)ccc2F)c2nc3ccccc3c(C(=O)O)c2C1. The molecule has 1 aliphatic rings. The monoisotopic (exact) mass is 440 g/mol. The number of carboxylic acid groups (broad SMARTS) is 1. The van der Waals surface area contributed by atoms with Crippen LogP contribution in [0, 0.1) is 5.82 Å². The van der Waals surface area contributed by atoms with Gasteiger partial charge in [0.15, 0.2) is 0 Å². The Balaban J connectivity index is 2.00. The average molecular weight is 441 g/mol. The first-order valence-corrected chi connectivity index (χ1v) is 9.80. The number of pyridine rings is 1. The maximum absolute atomic E-state index is 14.3. The van der Waals surface area contributed by atoms with Gasteiger partial charge in [-0.2, -0.15) is 0 Å². The van der Waals surface area contributed by atoms with Crippen molar-refractivity contribution in [2.45, 2.75) is 13.5 Å².